The van der Waals surface area contributed by atoms with Gasteiger partial charge < -0.3 is 9.84 Å². The highest BCUT2D eigenvalue weighted by molar-refractivity contribution is 5.82. The molecule has 7 rings (SSSR count). The van der Waals surface area contributed by atoms with E-state index in [1.807, 2.05) is 52.2 Å². The molecular weight excluding hydrogens is 538 g/mol. The fourth-order valence-electron chi connectivity index (χ4n) is 6.79. The van der Waals surface area contributed by atoms with E-state index in [2.05, 4.69) is 63.5 Å². The average molecular weight is 576 g/mol. The van der Waals surface area contributed by atoms with Crippen molar-refractivity contribution in [2.24, 2.45) is 12.5 Å². The second-order valence-corrected chi connectivity index (χ2v) is 13.1. The molecule has 1 spiro atoms. The van der Waals surface area contributed by atoms with Crippen molar-refractivity contribution in [3.05, 3.63) is 94.2 Å². The van der Waals surface area contributed by atoms with Gasteiger partial charge in [-0.25, -0.2) is 4.68 Å². The molecule has 1 unspecified atom stereocenters. The smallest absolute Gasteiger partial charge is 0.310 e. The minimum absolute atomic E-state index is 0.149. The Labute approximate surface area is 251 Å². The van der Waals surface area contributed by atoms with Crippen LogP contribution in [0, 0.1) is 19.3 Å². The monoisotopic (exact) mass is 575 g/mol. The van der Waals surface area contributed by atoms with Gasteiger partial charge in [-0.05, 0) is 92.6 Å². The number of nitrogens with zero attached hydrogens (tertiary/aromatic N) is 5. The molecule has 1 atom stereocenters. The largest absolute Gasteiger partial charge is 0.486 e. The van der Waals surface area contributed by atoms with Gasteiger partial charge in [0.05, 0.1) is 16.4 Å². The first kappa shape index (κ1) is 27.5. The van der Waals surface area contributed by atoms with Gasteiger partial charge in [-0.1, -0.05) is 35.5 Å². The van der Waals surface area contributed by atoms with Gasteiger partial charge in [-0.3, -0.25) is 14.7 Å². The van der Waals surface area contributed by atoms with Gasteiger partial charge in [0.25, 0.3) is 0 Å². The minimum atomic E-state index is -1.06. The molecule has 220 valence electrons. The normalized spacial score (nSPS) is 17.0. The van der Waals surface area contributed by atoms with E-state index in [4.69, 9.17) is 4.74 Å². The lowest BCUT2D eigenvalue weighted by atomic mass is 9.69. The summed E-state index contributed by atoms with van der Waals surface area (Å²) in [5.41, 5.74) is 7.95. The molecule has 8 nitrogen and oxygen atoms in total. The predicted molar refractivity (Wildman–Crippen MR) is 166 cm³/mol. The summed E-state index contributed by atoms with van der Waals surface area (Å²) in [5, 5.41) is 20.1. The number of rotatable bonds is 6. The molecule has 5 aromatic rings. The lowest BCUT2D eigenvalue weighted by Crippen LogP contribution is -2.34. The quantitative estimate of drug-likeness (QED) is 0.254. The fraction of sp³-hybridized carbons (Fsp3) is 0.371. The molecule has 1 saturated carbocycles. The summed E-state index contributed by atoms with van der Waals surface area (Å²) in [6.07, 6.45) is 3.93. The number of hydrogen-bond acceptors (Lipinski definition) is 6. The van der Waals surface area contributed by atoms with Crippen LogP contribution >= 0.6 is 0 Å². The molecule has 1 N–H and O–H groups in total. The number of benzene rings is 3. The topological polar surface area (TPSA) is 93.4 Å². The van der Waals surface area contributed by atoms with Gasteiger partial charge >= 0.3 is 5.97 Å². The molecule has 0 bridgehead atoms. The van der Waals surface area contributed by atoms with E-state index in [0.717, 1.165) is 82.4 Å². The Bertz CT molecular complexity index is 1910. The number of carboxylic acid groups (broad SMARTS) is 1. The maximum absolute atomic E-state index is 12.7. The van der Waals surface area contributed by atoms with Gasteiger partial charge in [0, 0.05) is 49.7 Å². The Morgan fingerprint density at radius 3 is 2.70 bits per heavy atom. The molecule has 0 saturated heterocycles. The first-order valence-corrected chi connectivity index (χ1v) is 15.0. The van der Waals surface area contributed by atoms with Gasteiger partial charge in [0.2, 0.25) is 0 Å². The van der Waals surface area contributed by atoms with Crippen molar-refractivity contribution in [1.29, 1.82) is 0 Å². The Morgan fingerprint density at radius 1 is 1.12 bits per heavy atom. The Balaban J connectivity index is 1.28. The van der Waals surface area contributed by atoms with Crippen LogP contribution in [0.1, 0.15) is 66.0 Å². The molecule has 2 aliphatic rings. The van der Waals surface area contributed by atoms with Crippen LogP contribution in [0.2, 0.25) is 0 Å². The number of ether oxygens (including phenoxy) is 1. The zero-order valence-electron chi connectivity index (χ0n) is 25.4. The molecule has 3 heterocycles. The third-order valence-electron chi connectivity index (χ3n) is 9.59. The standard InChI is InChI=1S/C35H37N5O3/c1-21-8-9-24(31(34(3,4)33(41)42)27-10-11-29-32(22(27)2)37-38-39(29)5)15-25(21)18-40-19-26-16-28-23(7-6-14-36-28)17-30(26)43-35(20-40)12-13-35/h6-11,14-17,31H,12-13,18-20H2,1-5H3,(H,41,42). The van der Waals surface area contributed by atoms with Gasteiger partial charge in [0.1, 0.15) is 16.9 Å². The van der Waals surface area contributed by atoms with Crippen LogP contribution in [0.25, 0.3) is 21.9 Å². The summed E-state index contributed by atoms with van der Waals surface area (Å²) in [5.74, 6) is -0.253. The van der Waals surface area contributed by atoms with Gasteiger partial charge in [-0.15, -0.1) is 5.10 Å². The molecule has 1 aliphatic carbocycles. The Kier molecular flexibility index (Phi) is 6.32. The van der Waals surface area contributed by atoms with E-state index in [9.17, 15) is 9.90 Å². The molecule has 0 amide bonds. The summed E-state index contributed by atoms with van der Waals surface area (Å²) >= 11 is 0. The number of aromatic nitrogens is 4. The van der Waals surface area contributed by atoms with Crippen LogP contribution in [-0.4, -0.2) is 48.1 Å². The fourth-order valence-corrected chi connectivity index (χ4v) is 6.79. The Hall–Kier alpha value is -4.30. The molecule has 43 heavy (non-hydrogen) atoms. The minimum Gasteiger partial charge on any atom is -0.486 e. The molecule has 2 aromatic heterocycles. The van der Waals surface area contributed by atoms with Crippen LogP contribution in [-0.2, 0) is 24.9 Å². The number of aryl methyl sites for hydroxylation is 3. The van der Waals surface area contributed by atoms with Crippen molar-refractivity contribution in [1.82, 2.24) is 24.9 Å². The van der Waals surface area contributed by atoms with Crippen LogP contribution in [0.4, 0.5) is 0 Å². The highest BCUT2D eigenvalue weighted by Gasteiger charge is 2.48. The lowest BCUT2D eigenvalue weighted by Gasteiger charge is -2.33. The van der Waals surface area contributed by atoms with Crippen LogP contribution in [0.3, 0.4) is 0 Å². The molecule has 1 aliphatic heterocycles. The maximum atomic E-state index is 12.7. The third kappa shape index (κ3) is 4.74. The molecule has 8 heteroatoms. The highest BCUT2D eigenvalue weighted by Crippen LogP contribution is 2.46. The zero-order chi connectivity index (χ0) is 30.1. The summed E-state index contributed by atoms with van der Waals surface area (Å²) in [4.78, 5) is 19.8. The number of fused-ring (bicyclic) bond motifs is 3. The van der Waals surface area contributed by atoms with E-state index in [0.29, 0.717) is 0 Å². The second-order valence-electron chi connectivity index (χ2n) is 13.1. The molecular formula is C35H37N5O3. The molecule has 1 fully saturated rings. The number of pyridine rings is 1. The first-order chi connectivity index (χ1) is 20.5. The summed E-state index contributed by atoms with van der Waals surface area (Å²) in [7, 11) is 1.87. The number of carbonyl (C=O) groups is 1. The lowest BCUT2D eigenvalue weighted by molar-refractivity contribution is -0.147. The summed E-state index contributed by atoms with van der Waals surface area (Å²) < 4.78 is 8.41. The van der Waals surface area contributed by atoms with E-state index in [-0.39, 0.29) is 11.5 Å². The Morgan fingerprint density at radius 2 is 1.93 bits per heavy atom. The van der Waals surface area contributed by atoms with Gasteiger partial charge in [-0.2, -0.15) is 0 Å². The average Bonchev–Trinajstić information content (AvgIpc) is 3.65. The zero-order valence-corrected chi connectivity index (χ0v) is 25.4. The summed E-state index contributed by atoms with van der Waals surface area (Å²) in [6.45, 7) is 10.2. The molecule has 0 radical (unpaired) electrons. The van der Waals surface area contributed by atoms with Crippen molar-refractivity contribution < 1.29 is 14.6 Å². The maximum Gasteiger partial charge on any atom is 0.310 e. The number of aliphatic carboxylic acids is 1. The summed E-state index contributed by atoms with van der Waals surface area (Å²) in [6, 6.07) is 18.9. The predicted octanol–water partition coefficient (Wildman–Crippen LogP) is 6.30. The highest BCUT2D eigenvalue weighted by atomic mass is 16.5. The first-order valence-electron chi connectivity index (χ1n) is 15.0. The third-order valence-corrected chi connectivity index (χ3v) is 9.59. The van der Waals surface area contributed by atoms with Crippen molar-refractivity contribution in [2.75, 3.05) is 6.54 Å². The number of carboxylic acids is 1. The van der Waals surface area contributed by atoms with E-state index in [1.165, 1.54) is 11.1 Å². The van der Waals surface area contributed by atoms with Crippen LogP contribution < -0.4 is 4.74 Å². The number of hydrogen-bond donors (Lipinski definition) is 1. The van der Waals surface area contributed by atoms with Crippen molar-refractivity contribution in [2.45, 2.75) is 65.1 Å². The van der Waals surface area contributed by atoms with Gasteiger partial charge in [0.15, 0.2) is 0 Å². The van der Waals surface area contributed by atoms with Crippen LogP contribution in [0.15, 0.2) is 60.8 Å². The van der Waals surface area contributed by atoms with E-state index in [1.54, 1.807) is 4.68 Å². The van der Waals surface area contributed by atoms with Crippen LogP contribution in [0.5, 0.6) is 5.75 Å². The second kappa shape index (κ2) is 9.88. The van der Waals surface area contributed by atoms with Crippen molar-refractivity contribution in [3.8, 4) is 5.75 Å². The van der Waals surface area contributed by atoms with Crippen molar-refractivity contribution in [3.63, 3.8) is 0 Å². The van der Waals surface area contributed by atoms with E-state index >= 15 is 0 Å². The SMILES string of the molecule is Cc1ccc(C(c2ccc3c(nnn3C)c2C)C(C)(C)C(=O)O)cc1CN1Cc2cc3ncccc3cc2OC2(CC2)C1. The van der Waals surface area contributed by atoms with Crippen molar-refractivity contribution >= 4 is 27.9 Å². The molecule has 3 aromatic carbocycles. The van der Waals surface area contributed by atoms with E-state index < -0.39 is 11.4 Å².